The highest BCUT2D eigenvalue weighted by Gasteiger charge is 2.24. The molecule has 0 heterocycles. The maximum atomic E-state index is 13.4. The highest BCUT2D eigenvalue weighted by molar-refractivity contribution is 7.89. The summed E-state index contributed by atoms with van der Waals surface area (Å²) < 4.78 is 40.6. The summed E-state index contributed by atoms with van der Waals surface area (Å²) in [6.07, 6.45) is 1.41. The molecule has 0 aliphatic rings. The molecular formula is C20H25FN2O3S. The van der Waals surface area contributed by atoms with Crippen LogP contribution < -0.4 is 5.32 Å². The predicted octanol–water partition coefficient (Wildman–Crippen LogP) is 4.20. The van der Waals surface area contributed by atoms with E-state index < -0.39 is 21.7 Å². The van der Waals surface area contributed by atoms with Gasteiger partial charge >= 0.3 is 0 Å². The average Bonchev–Trinajstić information content (AvgIpc) is 2.64. The number of halogens is 1. The van der Waals surface area contributed by atoms with Crippen LogP contribution in [-0.4, -0.2) is 31.7 Å². The van der Waals surface area contributed by atoms with Gasteiger partial charge in [-0.2, -0.15) is 4.31 Å². The third kappa shape index (κ3) is 5.14. The van der Waals surface area contributed by atoms with Crippen LogP contribution in [0, 0.1) is 12.7 Å². The van der Waals surface area contributed by atoms with Gasteiger partial charge in [0.05, 0.1) is 4.90 Å². The first-order chi connectivity index (χ1) is 12.8. The molecule has 0 unspecified atom stereocenters. The summed E-state index contributed by atoms with van der Waals surface area (Å²) >= 11 is 0. The second kappa shape index (κ2) is 9.10. The molecule has 1 N–H and O–H groups in total. The van der Waals surface area contributed by atoms with Gasteiger partial charge in [-0.3, -0.25) is 4.79 Å². The zero-order valence-electron chi connectivity index (χ0n) is 15.8. The van der Waals surface area contributed by atoms with Crippen LogP contribution in [0.1, 0.15) is 42.6 Å². The Morgan fingerprint density at radius 2 is 1.74 bits per heavy atom. The number of hydrogen-bond donors (Lipinski definition) is 1. The van der Waals surface area contributed by atoms with E-state index >= 15 is 0 Å². The highest BCUT2D eigenvalue weighted by atomic mass is 32.2. The number of rotatable bonds is 8. The van der Waals surface area contributed by atoms with Gasteiger partial charge in [0, 0.05) is 24.3 Å². The number of benzene rings is 2. The summed E-state index contributed by atoms with van der Waals surface area (Å²) in [5.74, 6) is -0.944. The minimum atomic E-state index is -3.68. The fraction of sp³-hybridized carbons (Fsp3) is 0.350. The van der Waals surface area contributed by atoms with Crippen molar-refractivity contribution in [2.24, 2.45) is 0 Å². The predicted molar refractivity (Wildman–Crippen MR) is 105 cm³/mol. The molecule has 2 aromatic carbocycles. The monoisotopic (exact) mass is 392 g/mol. The molecule has 27 heavy (non-hydrogen) atoms. The number of aryl methyl sites for hydroxylation is 1. The minimum Gasteiger partial charge on any atom is -0.322 e. The van der Waals surface area contributed by atoms with Gasteiger partial charge < -0.3 is 5.32 Å². The van der Waals surface area contributed by atoms with E-state index in [2.05, 4.69) is 5.32 Å². The standard InChI is InChI=1S/C20H25FN2O3S/c1-4-11-23(12-5-2)27(25,26)18-8-6-7-16(13-18)20(24)22-19-14-17(21)10-9-15(19)3/h6-10,13-14H,4-5,11-12H2,1-3H3,(H,22,24). The zero-order chi connectivity index (χ0) is 20.0. The van der Waals surface area contributed by atoms with E-state index in [-0.39, 0.29) is 10.5 Å². The number of carbonyl (C=O) groups excluding carboxylic acids is 1. The van der Waals surface area contributed by atoms with Crippen LogP contribution >= 0.6 is 0 Å². The Kier molecular flexibility index (Phi) is 7.10. The summed E-state index contributed by atoms with van der Waals surface area (Å²) in [5, 5.41) is 2.64. The molecular weight excluding hydrogens is 367 g/mol. The topological polar surface area (TPSA) is 66.5 Å². The second-order valence-corrected chi connectivity index (χ2v) is 8.28. The van der Waals surface area contributed by atoms with Crippen molar-refractivity contribution in [2.45, 2.75) is 38.5 Å². The Morgan fingerprint density at radius 3 is 2.37 bits per heavy atom. The molecule has 146 valence electrons. The van der Waals surface area contributed by atoms with Crippen molar-refractivity contribution >= 4 is 21.6 Å². The maximum absolute atomic E-state index is 13.4. The molecule has 0 atom stereocenters. The van der Waals surface area contributed by atoms with Gasteiger partial charge in [0.25, 0.3) is 5.91 Å². The molecule has 7 heteroatoms. The molecule has 2 aromatic rings. The zero-order valence-corrected chi connectivity index (χ0v) is 16.6. The average molecular weight is 392 g/mol. The van der Waals surface area contributed by atoms with E-state index in [9.17, 15) is 17.6 Å². The molecule has 0 aliphatic carbocycles. The quantitative estimate of drug-likeness (QED) is 0.732. The molecule has 1 amide bonds. The van der Waals surface area contributed by atoms with E-state index in [1.54, 1.807) is 13.0 Å². The van der Waals surface area contributed by atoms with Crippen molar-refractivity contribution in [3.8, 4) is 0 Å². The van der Waals surface area contributed by atoms with Gasteiger partial charge in [-0.1, -0.05) is 26.0 Å². The molecule has 0 aliphatic heterocycles. The summed E-state index contributed by atoms with van der Waals surface area (Å²) in [7, 11) is -3.68. The Hall–Kier alpha value is -2.25. The van der Waals surface area contributed by atoms with Crippen molar-refractivity contribution in [2.75, 3.05) is 18.4 Å². The summed E-state index contributed by atoms with van der Waals surface area (Å²) in [5.41, 5.74) is 1.27. The van der Waals surface area contributed by atoms with Crippen LogP contribution in [0.3, 0.4) is 0 Å². The van der Waals surface area contributed by atoms with Crippen LogP contribution in [0.5, 0.6) is 0 Å². The summed E-state index contributed by atoms with van der Waals surface area (Å²) in [6, 6.07) is 10.0. The lowest BCUT2D eigenvalue weighted by Gasteiger charge is -2.21. The van der Waals surface area contributed by atoms with E-state index in [1.807, 2.05) is 13.8 Å². The molecule has 2 rings (SSSR count). The number of anilines is 1. The van der Waals surface area contributed by atoms with E-state index in [0.717, 1.165) is 0 Å². The third-order valence-electron chi connectivity index (χ3n) is 4.13. The van der Waals surface area contributed by atoms with Gasteiger partial charge in [-0.25, -0.2) is 12.8 Å². The molecule has 0 spiro atoms. The number of sulfonamides is 1. The van der Waals surface area contributed by atoms with E-state index in [0.29, 0.717) is 37.2 Å². The van der Waals surface area contributed by atoms with Gasteiger partial charge in [0.1, 0.15) is 5.82 Å². The van der Waals surface area contributed by atoms with Crippen LogP contribution in [-0.2, 0) is 10.0 Å². The number of nitrogens with zero attached hydrogens (tertiary/aromatic N) is 1. The van der Waals surface area contributed by atoms with Crippen LogP contribution in [0.15, 0.2) is 47.4 Å². The fourth-order valence-electron chi connectivity index (χ4n) is 2.72. The number of nitrogens with one attached hydrogen (secondary N) is 1. The SMILES string of the molecule is CCCN(CCC)S(=O)(=O)c1cccc(C(=O)Nc2cc(F)ccc2C)c1. The van der Waals surface area contributed by atoms with E-state index in [1.165, 1.54) is 40.7 Å². The first-order valence-electron chi connectivity index (χ1n) is 8.97. The third-order valence-corrected chi connectivity index (χ3v) is 6.02. The van der Waals surface area contributed by atoms with Gasteiger partial charge in [0.15, 0.2) is 0 Å². The van der Waals surface area contributed by atoms with Crippen molar-refractivity contribution in [3.05, 3.63) is 59.4 Å². The van der Waals surface area contributed by atoms with Gasteiger partial charge in [0.2, 0.25) is 10.0 Å². The molecule has 0 saturated carbocycles. The number of hydrogen-bond acceptors (Lipinski definition) is 3. The summed E-state index contributed by atoms with van der Waals surface area (Å²) in [4.78, 5) is 12.6. The largest absolute Gasteiger partial charge is 0.322 e. The Balaban J connectivity index is 2.30. The van der Waals surface area contributed by atoms with Gasteiger partial charge in [-0.05, 0) is 55.7 Å². The molecule has 5 nitrogen and oxygen atoms in total. The minimum absolute atomic E-state index is 0.0769. The Bertz CT molecular complexity index is 907. The van der Waals surface area contributed by atoms with E-state index in [4.69, 9.17) is 0 Å². The van der Waals surface area contributed by atoms with Gasteiger partial charge in [-0.15, -0.1) is 0 Å². The Morgan fingerprint density at radius 1 is 1.07 bits per heavy atom. The smallest absolute Gasteiger partial charge is 0.255 e. The first kappa shape index (κ1) is 21.1. The van der Waals surface area contributed by atoms with Crippen LogP contribution in [0.2, 0.25) is 0 Å². The fourth-order valence-corrected chi connectivity index (χ4v) is 4.39. The van der Waals surface area contributed by atoms with Crippen molar-refractivity contribution in [3.63, 3.8) is 0 Å². The molecule has 0 radical (unpaired) electrons. The lowest BCUT2D eigenvalue weighted by molar-refractivity contribution is 0.102. The second-order valence-electron chi connectivity index (χ2n) is 6.35. The van der Waals surface area contributed by atoms with Crippen molar-refractivity contribution < 1.29 is 17.6 Å². The molecule has 0 aromatic heterocycles. The Labute approximate surface area is 160 Å². The molecule has 0 bridgehead atoms. The normalized spacial score (nSPS) is 11.6. The number of amides is 1. The number of carbonyl (C=O) groups is 1. The summed E-state index contributed by atoms with van der Waals surface area (Å²) in [6.45, 7) is 6.44. The van der Waals surface area contributed by atoms with Crippen LogP contribution in [0.4, 0.5) is 10.1 Å². The van der Waals surface area contributed by atoms with Crippen molar-refractivity contribution in [1.82, 2.24) is 4.31 Å². The molecule has 0 saturated heterocycles. The van der Waals surface area contributed by atoms with Crippen molar-refractivity contribution in [1.29, 1.82) is 0 Å². The lowest BCUT2D eigenvalue weighted by atomic mass is 10.1. The molecule has 0 fully saturated rings. The van der Waals surface area contributed by atoms with Crippen LogP contribution in [0.25, 0.3) is 0 Å². The lowest BCUT2D eigenvalue weighted by Crippen LogP contribution is -2.32. The highest BCUT2D eigenvalue weighted by Crippen LogP contribution is 2.20. The first-order valence-corrected chi connectivity index (χ1v) is 10.4. The maximum Gasteiger partial charge on any atom is 0.255 e.